The Morgan fingerprint density at radius 2 is 1.79 bits per heavy atom. The Hall–Kier alpha value is -1.06. The maximum atomic E-state index is 11.1. The van der Waals surface area contributed by atoms with Gasteiger partial charge in [-0.05, 0) is 111 Å². The molecule has 0 bridgehead atoms. The monoisotopic (exact) mass is 404 g/mol. The van der Waals surface area contributed by atoms with E-state index in [-0.39, 0.29) is 6.10 Å². The van der Waals surface area contributed by atoms with Crippen LogP contribution in [-0.4, -0.2) is 23.7 Å². The highest BCUT2D eigenvalue weighted by Crippen LogP contribution is 2.68. The number of rotatable bonds is 6. The molecule has 0 aromatic heterocycles. The third-order valence-corrected chi connectivity index (χ3v) is 10.4. The molecule has 4 saturated carbocycles. The highest BCUT2D eigenvalue weighted by atomic mass is 16.5. The summed E-state index contributed by atoms with van der Waals surface area (Å²) in [5, 5.41) is 9.12. The number of carboxylic acids is 1. The molecule has 4 nitrogen and oxygen atoms in total. The molecule has 0 heterocycles. The van der Waals surface area contributed by atoms with Gasteiger partial charge in [-0.15, -0.1) is 0 Å². The van der Waals surface area contributed by atoms with E-state index in [1.807, 2.05) is 0 Å². The van der Waals surface area contributed by atoms with Gasteiger partial charge in [0.1, 0.15) is 6.10 Å². The molecule has 9 atom stereocenters. The van der Waals surface area contributed by atoms with Gasteiger partial charge in [0.15, 0.2) is 0 Å². The molecular weight excluding hydrogens is 364 g/mol. The summed E-state index contributed by atoms with van der Waals surface area (Å²) in [7, 11) is 0. The quantitative estimate of drug-likeness (QED) is 0.578. The van der Waals surface area contributed by atoms with Crippen LogP contribution in [0.1, 0.15) is 91.4 Å². The van der Waals surface area contributed by atoms with Crippen LogP contribution in [0.25, 0.3) is 0 Å². The second kappa shape index (κ2) is 7.89. The van der Waals surface area contributed by atoms with Crippen molar-refractivity contribution in [3.05, 3.63) is 0 Å². The molecule has 0 spiro atoms. The zero-order valence-corrected chi connectivity index (χ0v) is 18.6. The molecule has 0 amide bonds. The average molecular weight is 405 g/mol. The van der Waals surface area contributed by atoms with E-state index < -0.39 is 5.97 Å². The van der Waals surface area contributed by atoms with Gasteiger partial charge in [0, 0.05) is 6.42 Å². The lowest BCUT2D eigenvalue weighted by molar-refractivity contribution is -0.151. The van der Waals surface area contributed by atoms with Crippen molar-refractivity contribution < 1.29 is 19.4 Å². The summed E-state index contributed by atoms with van der Waals surface area (Å²) < 4.78 is 5.36. The van der Waals surface area contributed by atoms with Crippen LogP contribution in [0.3, 0.4) is 0 Å². The molecule has 4 aliphatic rings. The first-order valence-corrected chi connectivity index (χ1v) is 12.1. The van der Waals surface area contributed by atoms with E-state index in [1.165, 1.54) is 44.9 Å². The summed E-state index contributed by atoms with van der Waals surface area (Å²) in [6.45, 7) is 8.05. The molecule has 29 heavy (non-hydrogen) atoms. The molecule has 0 radical (unpaired) electrons. The van der Waals surface area contributed by atoms with Crippen LogP contribution in [0.5, 0.6) is 0 Å². The fourth-order valence-electron chi connectivity index (χ4n) is 8.95. The van der Waals surface area contributed by atoms with Crippen molar-refractivity contribution in [3.8, 4) is 0 Å². The molecule has 4 aliphatic carbocycles. The van der Waals surface area contributed by atoms with Crippen molar-refractivity contribution in [1.29, 1.82) is 0 Å². The van der Waals surface area contributed by atoms with Crippen molar-refractivity contribution in [2.45, 2.75) is 97.5 Å². The third kappa shape index (κ3) is 3.53. The molecule has 0 aromatic rings. The van der Waals surface area contributed by atoms with Gasteiger partial charge >= 0.3 is 5.97 Å². The van der Waals surface area contributed by atoms with E-state index in [0.29, 0.717) is 41.5 Å². The van der Waals surface area contributed by atoms with E-state index in [0.717, 1.165) is 37.0 Å². The SMILES string of the molecule is C[C@H](CCC(=O)O)[C@@H]1CC[C@@H]2[C@@H]3CC[C@@H]4C[C@H](OC=O)CC[C@]4(C)[C@@H]3CC[C@]21C. The Bertz CT molecular complexity index is 632. The van der Waals surface area contributed by atoms with E-state index in [4.69, 9.17) is 9.84 Å². The minimum absolute atomic E-state index is 0.141. The van der Waals surface area contributed by atoms with Crippen LogP contribution >= 0.6 is 0 Å². The van der Waals surface area contributed by atoms with Crippen LogP contribution in [0.4, 0.5) is 0 Å². The number of ether oxygens (including phenoxy) is 1. The zero-order valence-electron chi connectivity index (χ0n) is 18.6. The summed E-state index contributed by atoms with van der Waals surface area (Å²) in [5.74, 6) is 3.75. The van der Waals surface area contributed by atoms with Gasteiger partial charge in [-0.3, -0.25) is 9.59 Å². The fourth-order valence-corrected chi connectivity index (χ4v) is 8.95. The van der Waals surface area contributed by atoms with Crippen LogP contribution in [0, 0.1) is 46.3 Å². The summed E-state index contributed by atoms with van der Waals surface area (Å²) in [4.78, 5) is 21.9. The van der Waals surface area contributed by atoms with Gasteiger partial charge in [-0.25, -0.2) is 0 Å². The predicted molar refractivity (Wildman–Crippen MR) is 112 cm³/mol. The first kappa shape index (κ1) is 21.2. The Kier molecular flexibility index (Phi) is 5.76. The average Bonchev–Trinajstić information content (AvgIpc) is 3.04. The predicted octanol–water partition coefficient (Wildman–Crippen LogP) is 5.69. The molecule has 0 aliphatic heterocycles. The largest absolute Gasteiger partial charge is 0.481 e. The Morgan fingerprint density at radius 3 is 2.52 bits per heavy atom. The van der Waals surface area contributed by atoms with Gasteiger partial charge in [0.05, 0.1) is 0 Å². The first-order valence-electron chi connectivity index (χ1n) is 12.1. The lowest BCUT2D eigenvalue weighted by Crippen LogP contribution is -2.54. The zero-order chi connectivity index (χ0) is 20.8. The summed E-state index contributed by atoms with van der Waals surface area (Å²) in [6.07, 6.45) is 12.5. The van der Waals surface area contributed by atoms with Gasteiger partial charge in [-0.1, -0.05) is 20.8 Å². The number of fused-ring (bicyclic) bond motifs is 5. The normalized spacial score (nSPS) is 47.4. The van der Waals surface area contributed by atoms with Gasteiger partial charge in [-0.2, -0.15) is 0 Å². The maximum absolute atomic E-state index is 11.1. The number of carboxylic acid groups (broad SMARTS) is 1. The topological polar surface area (TPSA) is 63.6 Å². The number of carbonyl (C=O) groups is 2. The molecule has 164 valence electrons. The summed E-state index contributed by atoms with van der Waals surface area (Å²) >= 11 is 0. The summed E-state index contributed by atoms with van der Waals surface area (Å²) in [5.41, 5.74) is 0.820. The van der Waals surface area contributed by atoms with Gasteiger partial charge < -0.3 is 9.84 Å². The molecular formula is C25H40O4. The van der Waals surface area contributed by atoms with Crippen LogP contribution in [-0.2, 0) is 14.3 Å². The van der Waals surface area contributed by atoms with Crippen LogP contribution in [0.2, 0.25) is 0 Å². The minimum Gasteiger partial charge on any atom is -0.481 e. The third-order valence-electron chi connectivity index (χ3n) is 10.4. The second-order valence-corrected chi connectivity index (χ2v) is 11.4. The molecule has 0 saturated heterocycles. The highest BCUT2D eigenvalue weighted by molar-refractivity contribution is 5.66. The highest BCUT2D eigenvalue weighted by Gasteiger charge is 2.60. The molecule has 4 rings (SSSR count). The van der Waals surface area contributed by atoms with Crippen LogP contribution in [0.15, 0.2) is 0 Å². The molecule has 4 heteroatoms. The van der Waals surface area contributed by atoms with E-state index in [9.17, 15) is 9.59 Å². The van der Waals surface area contributed by atoms with Gasteiger partial charge in [0.2, 0.25) is 0 Å². The van der Waals surface area contributed by atoms with Crippen molar-refractivity contribution in [3.63, 3.8) is 0 Å². The Balaban J connectivity index is 1.48. The number of hydrogen-bond acceptors (Lipinski definition) is 3. The fraction of sp³-hybridized carbons (Fsp3) is 0.920. The lowest BCUT2D eigenvalue weighted by atomic mass is 9.44. The smallest absolute Gasteiger partial charge is 0.303 e. The second-order valence-electron chi connectivity index (χ2n) is 11.4. The Labute approximate surface area is 176 Å². The lowest BCUT2D eigenvalue weighted by Gasteiger charge is -2.61. The van der Waals surface area contributed by atoms with Crippen molar-refractivity contribution in [2.75, 3.05) is 0 Å². The van der Waals surface area contributed by atoms with Gasteiger partial charge in [0.25, 0.3) is 6.47 Å². The molecule has 1 N–H and O–H groups in total. The first-order chi connectivity index (χ1) is 13.8. The standard InChI is InChI=1S/C25H40O4/c1-16(4-9-23(27)28)20-7-8-21-19-6-5-17-14-18(29-15-26)10-12-24(17,2)22(19)11-13-25(20,21)3/h15-22H,4-14H2,1-3H3,(H,27,28)/t16-,17-,18-,19+,20+,21-,22-,24+,25+/m1/s1. The Morgan fingerprint density at radius 1 is 1.07 bits per heavy atom. The molecule has 0 unspecified atom stereocenters. The maximum Gasteiger partial charge on any atom is 0.303 e. The van der Waals surface area contributed by atoms with Crippen molar-refractivity contribution >= 4 is 12.4 Å². The van der Waals surface area contributed by atoms with Crippen LogP contribution < -0.4 is 0 Å². The number of carbonyl (C=O) groups excluding carboxylic acids is 1. The van der Waals surface area contributed by atoms with E-state index >= 15 is 0 Å². The number of aliphatic carboxylic acids is 1. The van der Waals surface area contributed by atoms with E-state index in [1.54, 1.807) is 0 Å². The summed E-state index contributed by atoms with van der Waals surface area (Å²) in [6, 6.07) is 0. The minimum atomic E-state index is -0.652. The van der Waals surface area contributed by atoms with E-state index in [2.05, 4.69) is 20.8 Å². The van der Waals surface area contributed by atoms with Crippen molar-refractivity contribution in [1.82, 2.24) is 0 Å². The molecule has 0 aromatic carbocycles. The van der Waals surface area contributed by atoms with Crippen molar-refractivity contribution in [2.24, 2.45) is 46.3 Å². The number of hydrogen-bond donors (Lipinski definition) is 1. The molecule has 4 fully saturated rings.